The van der Waals surface area contributed by atoms with Gasteiger partial charge in [0.15, 0.2) is 0 Å². The summed E-state index contributed by atoms with van der Waals surface area (Å²) < 4.78 is 10.6. The number of para-hydroxylation sites is 1. The van der Waals surface area contributed by atoms with E-state index in [-0.39, 0.29) is 24.3 Å². The van der Waals surface area contributed by atoms with Crippen LogP contribution in [0.25, 0.3) is 0 Å². The van der Waals surface area contributed by atoms with Crippen LogP contribution in [0, 0.1) is 0 Å². The Hall–Kier alpha value is -3.55. The Kier molecular flexibility index (Phi) is 7.48. The summed E-state index contributed by atoms with van der Waals surface area (Å²) in [5.74, 6) is 0.479. The van der Waals surface area contributed by atoms with Crippen molar-refractivity contribution in [3.05, 3.63) is 59.7 Å². The zero-order chi connectivity index (χ0) is 22.2. The van der Waals surface area contributed by atoms with Crippen LogP contribution in [0.5, 0.6) is 11.5 Å². The number of ether oxygens (including phenoxy) is 2. The van der Waals surface area contributed by atoms with E-state index in [1.54, 1.807) is 65.4 Å². The second kappa shape index (κ2) is 10.5. The van der Waals surface area contributed by atoms with Crippen molar-refractivity contribution in [3.63, 3.8) is 0 Å². The Balaban J connectivity index is 1.50. The average molecular weight is 425 g/mol. The molecule has 0 spiro atoms. The molecule has 2 aromatic carbocycles. The predicted octanol–water partition coefficient (Wildman–Crippen LogP) is 1.81. The number of hydrogen-bond donors (Lipinski definition) is 1. The lowest BCUT2D eigenvalue weighted by Gasteiger charge is -2.35. The Bertz CT molecular complexity index is 938. The average Bonchev–Trinajstić information content (AvgIpc) is 2.82. The molecule has 0 radical (unpaired) electrons. The fraction of sp³-hybridized carbons (Fsp3) is 0.348. The third kappa shape index (κ3) is 5.53. The molecule has 1 fully saturated rings. The van der Waals surface area contributed by atoms with E-state index in [2.05, 4.69) is 5.32 Å². The Morgan fingerprint density at radius 1 is 0.968 bits per heavy atom. The van der Waals surface area contributed by atoms with Gasteiger partial charge >= 0.3 is 0 Å². The van der Waals surface area contributed by atoms with Crippen LogP contribution in [-0.2, 0) is 4.79 Å². The standard InChI is InChI=1S/C23H27N3O5/c1-3-31-20-10-5-4-9-19(20)22(28)24-16-21(27)25-11-13-26(14-12-25)23(29)17-7-6-8-18(15-17)30-2/h4-10,15H,3,11-14,16H2,1-2H3,(H,24,28). The van der Waals surface area contributed by atoms with Crippen molar-refractivity contribution in [2.45, 2.75) is 6.92 Å². The first-order valence-corrected chi connectivity index (χ1v) is 10.2. The van der Waals surface area contributed by atoms with Crippen molar-refractivity contribution in [1.82, 2.24) is 15.1 Å². The number of carbonyl (C=O) groups is 3. The molecule has 31 heavy (non-hydrogen) atoms. The van der Waals surface area contributed by atoms with Gasteiger partial charge < -0.3 is 24.6 Å². The summed E-state index contributed by atoms with van der Waals surface area (Å²) in [4.78, 5) is 41.1. The van der Waals surface area contributed by atoms with Gasteiger partial charge in [-0.25, -0.2) is 0 Å². The largest absolute Gasteiger partial charge is 0.497 e. The second-order valence-electron chi connectivity index (χ2n) is 7.02. The zero-order valence-corrected chi connectivity index (χ0v) is 17.8. The van der Waals surface area contributed by atoms with Crippen molar-refractivity contribution in [1.29, 1.82) is 0 Å². The van der Waals surface area contributed by atoms with Crippen LogP contribution in [0.3, 0.4) is 0 Å². The monoisotopic (exact) mass is 425 g/mol. The van der Waals surface area contributed by atoms with Gasteiger partial charge in [-0.15, -0.1) is 0 Å². The molecule has 1 aliphatic rings. The van der Waals surface area contributed by atoms with Gasteiger partial charge in [0.25, 0.3) is 11.8 Å². The fourth-order valence-corrected chi connectivity index (χ4v) is 3.40. The zero-order valence-electron chi connectivity index (χ0n) is 17.8. The van der Waals surface area contributed by atoms with Gasteiger partial charge in [-0.05, 0) is 37.3 Å². The predicted molar refractivity (Wildman–Crippen MR) is 115 cm³/mol. The lowest BCUT2D eigenvalue weighted by Crippen LogP contribution is -2.52. The van der Waals surface area contributed by atoms with E-state index in [9.17, 15) is 14.4 Å². The third-order valence-electron chi connectivity index (χ3n) is 5.07. The van der Waals surface area contributed by atoms with E-state index in [1.165, 1.54) is 0 Å². The Labute approximate surface area is 181 Å². The summed E-state index contributed by atoms with van der Waals surface area (Å²) in [7, 11) is 1.56. The number of methoxy groups -OCH3 is 1. The first kappa shape index (κ1) is 22.1. The highest BCUT2D eigenvalue weighted by Gasteiger charge is 2.25. The summed E-state index contributed by atoms with van der Waals surface area (Å²) in [5, 5.41) is 2.66. The molecule has 8 heteroatoms. The summed E-state index contributed by atoms with van der Waals surface area (Å²) in [6.07, 6.45) is 0. The number of hydrogen-bond acceptors (Lipinski definition) is 5. The highest BCUT2D eigenvalue weighted by molar-refractivity contribution is 5.99. The van der Waals surface area contributed by atoms with Crippen LogP contribution in [0.15, 0.2) is 48.5 Å². The maximum absolute atomic E-state index is 12.7. The molecule has 1 aliphatic heterocycles. The lowest BCUT2D eigenvalue weighted by molar-refractivity contribution is -0.131. The van der Waals surface area contributed by atoms with E-state index in [0.29, 0.717) is 55.4 Å². The molecule has 1 heterocycles. The molecular weight excluding hydrogens is 398 g/mol. The van der Waals surface area contributed by atoms with Gasteiger partial charge in [-0.1, -0.05) is 18.2 Å². The van der Waals surface area contributed by atoms with Gasteiger partial charge in [0, 0.05) is 31.7 Å². The van der Waals surface area contributed by atoms with Crippen LogP contribution >= 0.6 is 0 Å². The van der Waals surface area contributed by atoms with Crippen molar-refractivity contribution in [2.24, 2.45) is 0 Å². The SMILES string of the molecule is CCOc1ccccc1C(=O)NCC(=O)N1CCN(C(=O)c2cccc(OC)c2)CC1. The molecule has 0 aliphatic carbocycles. The number of piperazine rings is 1. The van der Waals surface area contributed by atoms with Gasteiger partial charge in [-0.3, -0.25) is 14.4 Å². The summed E-state index contributed by atoms with van der Waals surface area (Å²) >= 11 is 0. The van der Waals surface area contributed by atoms with Crippen LogP contribution < -0.4 is 14.8 Å². The number of carbonyl (C=O) groups excluding carboxylic acids is 3. The van der Waals surface area contributed by atoms with Gasteiger partial charge in [0.05, 0.1) is 25.8 Å². The van der Waals surface area contributed by atoms with Crippen LogP contribution in [0.4, 0.5) is 0 Å². The van der Waals surface area contributed by atoms with E-state index in [1.807, 2.05) is 6.92 Å². The summed E-state index contributed by atoms with van der Waals surface area (Å²) in [5.41, 5.74) is 0.949. The van der Waals surface area contributed by atoms with Gasteiger partial charge in [0.1, 0.15) is 11.5 Å². The first-order valence-electron chi connectivity index (χ1n) is 10.2. The molecule has 3 amide bonds. The quantitative estimate of drug-likeness (QED) is 0.731. The minimum absolute atomic E-state index is 0.0909. The summed E-state index contributed by atoms with van der Waals surface area (Å²) in [6, 6.07) is 13.9. The van der Waals surface area contributed by atoms with Gasteiger partial charge in [-0.2, -0.15) is 0 Å². The molecule has 0 aromatic heterocycles. The molecular formula is C23H27N3O5. The molecule has 8 nitrogen and oxygen atoms in total. The molecule has 3 rings (SSSR count). The molecule has 1 saturated heterocycles. The van der Waals surface area contributed by atoms with Crippen LogP contribution in [-0.4, -0.2) is 74.0 Å². The fourth-order valence-electron chi connectivity index (χ4n) is 3.40. The molecule has 164 valence electrons. The second-order valence-corrected chi connectivity index (χ2v) is 7.02. The maximum atomic E-state index is 12.7. The van der Waals surface area contributed by atoms with E-state index in [4.69, 9.17) is 9.47 Å². The molecule has 0 unspecified atom stereocenters. The van der Waals surface area contributed by atoms with Crippen molar-refractivity contribution in [2.75, 3.05) is 46.4 Å². The van der Waals surface area contributed by atoms with Crippen molar-refractivity contribution < 1.29 is 23.9 Å². The van der Waals surface area contributed by atoms with Crippen molar-refractivity contribution in [3.8, 4) is 11.5 Å². The Morgan fingerprint density at radius 3 is 2.39 bits per heavy atom. The summed E-state index contributed by atoms with van der Waals surface area (Å²) in [6.45, 7) is 3.88. The lowest BCUT2D eigenvalue weighted by atomic mass is 10.1. The highest BCUT2D eigenvalue weighted by atomic mass is 16.5. The molecule has 2 aromatic rings. The van der Waals surface area contributed by atoms with Gasteiger partial charge in [0.2, 0.25) is 5.91 Å². The number of benzene rings is 2. The highest BCUT2D eigenvalue weighted by Crippen LogP contribution is 2.18. The van der Waals surface area contributed by atoms with E-state index >= 15 is 0 Å². The van der Waals surface area contributed by atoms with E-state index in [0.717, 1.165) is 0 Å². The minimum Gasteiger partial charge on any atom is -0.497 e. The number of amides is 3. The smallest absolute Gasteiger partial charge is 0.255 e. The maximum Gasteiger partial charge on any atom is 0.255 e. The topological polar surface area (TPSA) is 88.2 Å². The Morgan fingerprint density at radius 2 is 1.68 bits per heavy atom. The number of nitrogens with zero attached hydrogens (tertiary/aromatic N) is 2. The number of rotatable bonds is 7. The number of nitrogens with one attached hydrogen (secondary N) is 1. The minimum atomic E-state index is -0.357. The van der Waals surface area contributed by atoms with Crippen LogP contribution in [0.2, 0.25) is 0 Å². The van der Waals surface area contributed by atoms with E-state index < -0.39 is 0 Å². The normalized spacial score (nSPS) is 13.5. The molecule has 0 atom stereocenters. The van der Waals surface area contributed by atoms with Crippen LogP contribution in [0.1, 0.15) is 27.6 Å². The third-order valence-corrected chi connectivity index (χ3v) is 5.07. The molecule has 0 bridgehead atoms. The van der Waals surface area contributed by atoms with Crippen molar-refractivity contribution >= 4 is 17.7 Å². The molecule has 1 N–H and O–H groups in total. The first-order chi connectivity index (χ1) is 15.0. The molecule has 0 saturated carbocycles.